The summed E-state index contributed by atoms with van der Waals surface area (Å²) in [5, 5.41) is 13.0. The molecule has 1 unspecified atom stereocenters. The van der Waals surface area contributed by atoms with Crippen molar-refractivity contribution in [2.45, 2.75) is 31.4 Å². The molecule has 5 heteroatoms. The zero-order chi connectivity index (χ0) is 11.6. The predicted molar refractivity (Wildman–Crippen MR) is 59.0 cm³/mol. The predicted octanol–water partition coefficient (Wildman–Crippen LogP) is -0.652. The summed E-state index contributed by atoms with van der Waals surface area (Å²) in [5.41, 5.74) is -0.604. The van der Waals surface area contributed by atoms with Gasteiger partial charge in [-0.3, -0.25) is 4.79 Å². The van der Waals surface area contributed by atoms with E-state index in [-0.39, 0.29) is 11.9 Å². The lowest BCUT2D eigenvalue weighted by molar-refractivity contribution is -0.140. The van der Waals surface area contributed by atoms with Gasteiger partial charge in [-0.2, -0.15) is 0 Å². The van der Waals surface area contributed by atoms with Gasteiger partial charge in [0.2, 0.25) is 5.91 Å². The highest BCUT2D eigenvalue weighted by atomic mass is 16.5. The Hall–Kier alpha value is -0.650. The van der Waals surface area contributed by atoms with E-state index in [4.69, 9.17) is 4.74 Å². The average Bonchev–Trinajstić information content (AvgIpc) is 2.29. The second kappa shape index (κ2) is 4.69. The Morgan fingerprint density at radius 3 is 2.75 bits per heavy atom. The zero-order valence-corrected chi connectivity index (χ0v) is 9.74. The molecule has 0 spiro atoms. The number of piperidine rings is 1. The molecule has 2 heterocycles. The molecule has 0 aliphatic carbocycles. The smallest absolute Gasteiger partial charge is 0.242 e. The van der Waals surface area contributed by atoms with Gasteiger partial charge < -0.3 is 20.1 Å². The normalized spacial score (nSPS) is 30.1. The molecular weight excluding hydrogens is 208 g/mol. The van der Waals surface area contributed by atoms with Crippen LogP contribution < -0.4 is 5.32 Å². The molecule has 0 aromatic heterocycles. The number of ether oxygens (including phenoxy) is 1. The fourth-order valence-electron chi connectivity index (χ4n) is 2.15. The minimum atomic E-state index is -0.604. The van der Waals surface area contributed by atoms with Gasteiger partial charge in [0.25, 0.3) is 0 Å². The van der Waals surface area contributed by atoms with Gasteiger partial charge in [-0.25, -0.2) is 0 Å². The highest BCUT2D eigenvalue weighted by molar-refractivity contribution is 5.82. The van der Waals surface area contributed by atoms with E-state index in [1.165, 1.54) is 0 Å². The van der Waals surface area contributed by atoms with Gasteiger partial charge >= 0.3 is 0 Å². The van der Waals surface area contributed by atoms with Crippen molar-refractivity contribution in [3.05, 3.63) is 0 Å². The van der Waals surface area contributed by atoms with Crippen LogP contribution >= 0.6 is 0 Å². The maximum atomic E-state index is 12.1. The van der Waals surface area contributed by atoms with Gasteiger partial charge in [0, 0.05) is 19.6 Å². The fourth-order valence-corrected chi connectivity index (χ4v) is 2.15. The van der Waals surface area contributed by atoms with E-state index in [0.29, 0.717) is 39.1 Å². The van der Waals surface area contributed by atoms with E-state index in [1.54, 1.807) is 0 Å². The SMILES string of the molecule is CC1(O)CCN(C(=O)C2COCCN2)CC1. The lowest BCUT2D eigenvalue weighted by Crippen LogP contribution is -2.55. The van der Waals surface area contributed by atoms with Crippen molar-refractivity contribution < 1.29 is 14.6 Å². The van der Waals surface area contributed by atoms with Crippen molar-refractivity contribution in [2.75, 3.05) is 32.8 Å². The third-order valence-electron chi connectivity index (χ3n) is 3.37. The first-order chi connectivity index (χ1) is 7.58. The molecule has 92 valence electrons. The Bertz CT molecular complexity index is 252. The number of nitrogens with zero attached hydrogens (tertiary/aromatic N) is 1. The first-order valence-corrected chi connectivity index (χ1v) is 5.91. The molecule has 0 radical (unpaired) electrons. The Balaban J connectivity index is 1.86. The Morgan fingerprint density at radius 2 is 2.19 bits per heavy atom. The molecule has 0 saturated carbocycles. The van der Waals surface area contributed by atoms with Crippen LogP contribution in [0.2, 0.25) is 0 Å². The largest absolute Gasteiger partial charge is 0.390 e. The number of hydrogen-bond acceptors (Lipinski definition) is 4. The molecule has 2 aliphatic heterocycles. The zero-order valence-electron chi connectivity index (χ0n) is 9.74. The summed E-state index contributed by atoms with van der Waals surface area (Å²) in [6, 6.07) is -0.197. The van der Waals surface area contributed by atoms with Crippen LogP contribution in [-0.4, -0.2) is 60.4 Å². The average molecular weight is 228 g/mol. The van der Waals surface area contributed by atoms with Crippen molar-refractivity contribution in [2.24, 2.45) is 0 Å². The summed E-state index contributed by atoms with van der Waals surface area (Å²) in [5.74, 6) is 0.107. The van der Waals surface area contributed by atoms with Crippen LogP contribution in [0.25, 0.3) is 0 Å². The third kappa shape index (κ3) is 2.72. The van der Waals surface area contributed by atoms with Crippen LogP contribution in [0.4, 0.5) is 0 Å². The summed E-state index contributed by atoms with van der Waals surface area (Å²) in [6.07, 6.45) is 1.32. The lowest BCUT2D eigenvalue weighted by Gasteiger charge is -2.38. The van der Waals surface area contributed by atoms with E-state index in [1.807, 2.05) is 11.8 Å². The van der Waals surface area contributed by atoms with E-state index in [9.17, 15) is 9.90 Å². The number of carbonyl (C=O) groups excluding carboxylic acids is 1. The van der Waals surface area contributed by atoms with Gasteiger partial charge in [-0.15, -0.1) is 0 Å². The molecule has 16 heavy (non-hydrogen) atoms. The fraction of sp³-hybridized carbons (Fsp3) is 0.909. The monoisotopic (exact) mass is 228 g/mol. The van der Waals surface area contributed by atoms with Gasteiger partial charge in [0.15, 0.2) is 0 Å². The van der Waals surface area contributed by atoms with Crippen molar-refractivity contribution in [1.29, 1.82) is 0 Å². The maximum Gasteiger partial charge on any atom is 0.242 e. The van der Waals surface area contributed by atoms with E-state index < -0.39 is 5.60 Å². The van der Waals surface area contributed by atoms with E-state index >= 15 is 0 Å². The summed E-state index contributed by atoms with van der Waals surface area (Å²) in [6.45, 7) is 5.00. The second-order valence-electron chi connectivity index (χ2n) is 4.90. The number of hydrogen-bond donors (Lipinski definition) is 2. The molecule has 2 saturated heterocycles. The van der Waals surface area contributed by atoms with Crippen molar-refractivity contribution >= 4 is 5.91 Å². The van der Waals surface area contributed by atoms with Crippen LogP contribution in [0.3, 0.4) is 0 Å². The van der Waals surface area contributed by atoms with Gasteiger partial charge in [0.05, 0.1) is 18.8 Å². The molecule has 1 amide bonds. The molecule has 2 N–H and O–H groups in total. The number of likely N-dealkylation sites (tertiary alicyclic amines) is 1. The molecule has 5 nitrogen and oxygen atoms in total. The number of carbonyl (C=O) groups is 1. The van der Waals surface area contributed by atoms with Crippen molar-refractivity contribution in [3.63, 3.8) is 0 Å². The Labute approximate surface area is 95.8 Å². The summed E-state index contributed by atoms with van der Waals surface area (Å²) in [7, 11) is 0. The summed E-state index contributed by atoms with van der Waals surface area (Å²) < 4.78 is 5.28. The first-order valence-electron chi connectivity index (χ1n) is 5.91. The number of amides is 1. The Morgan fingerprint density at radius 1 is 1.50 bits per heavy atom. The Kier molecular flexibility index (Phi) is 3.47. The van der Waals surface area contributed by atoms with Crippen molar-refractivity contribution in [1.82, 2.24) is 10.2 Å². The van der Waals surface area contributed by atoms with Gasteiger partial charge in [-0.05, 0) is 19.8 Å². The molecule has 0 aromatic carbocycles. The van der Waals surface area contributed by atoms with Crippen LogP contribution in [0.15, 0.2) is 0 Å². The molecule has 2 fully saturated rings. The van der Waals surface area contributed by atoms with Gasteiger partial charge in [0.1, 0.15) is 6.04 Å². The van der Waals surface area contributed by atoms with E-state index in [0.717, 1.165) is 6.54 Å². The second-order valence-corrected chi connectivity index (χ2v) is 4.90. The van der Waals surface area contributed by atoms with E-state index in [2.05, 4.69) is 5.32 Å². The molecule has 2 aliphatic rings. The number of nitrogens with one attached hydrogen (secondary N) is 1. The molecule has 2 rings (SSSR count). The van der Waals surface area contributed by atoms with Crippen LogP contribution in [0.1, 0.15) is 19.8 Å². The van der Waals surface area contributed by atoms with Crippen LogP contribution in [0.5, 0.6) is 0 Å². The highest BCUT2D eigenvalue weighted by Gasteiger charge is 2.33. The minimum absolute atomic E-state index is 0.107. The highest BCUT2D eigenvalue weighted by Crippen LogP contribution is 2.21. The van der Waals surface area contributed by atoms with Crippen LogP contribution in [-0.2, 0) is 9.53 Å². The molecular formula is C11H20N2O3. The number of aliphatic hydroxyl groups is 1. The summed E-state index contributed by atoms with van der Waals surface area (Å²) in [4.78, 5) is 13.9. The lowest BCUT2D eigenvalue weighted by atomic mass is 9.93. The topological polar surface area (TPSA) is 61.8 Å². The summed E-state index contributed by atoms with van der Waals surface area (Å²) >= 11 is 0. The maximum absolute atomic E-state index is 12.1. The number of rotatable bonds is 1. The molecule has 1 atom stereocenters. The minimum Gasteiger partial charge on any atom is -0.390 e. The van der Waals surface area contributed by atoms with Crippen molar-refractivity contribution in [3.8, 4) is 0 Å². The number of morpholine rings is 1. The van der Waals surface area contributed by atoms with Gasteiger partial charge in [-0.1, -0.05) is 0 Å². The molecule has 0 bridgehead atoms. The van der Waals surface area contributed by atoms with Crippen LogP contribution in [0, 0.1) is 0 Å². The molecule has 0 aromatic rings. The third-order valence-corrected chi connectivity index (χ3v) is 3.37. The first kappa shape index (κ1) is 11.8. The quantitative estimate of drug-likeness (QED) is 0.626. The standard InChI is InChI=1S/C11H20N2O3/c1-11(15)2-5-13(6-3-11)10(14)9-8-16-7-4-12-9/h9,12,15H,2-8H2,1H3.